The molecule has 102 valence electrons. The summed E-state index contributed by atoms with van der Waals surface area (Å²) in [7, 11) is 3.45. The number of benzene rings is 1. The van der Waals surface area contributed by atoms with E-state index in [4.69, 9.17) is 22.2 Å². The number of halogens is 1. The first-order chi connectivity index (χ1) is 9.15. The van der Waals surface area contributed by atoms with Gasteiger partial charge in [-0.2, -0.15) is 5.10 Å². The highest BCUT2D eigenvalue weighted by atomic mass is 35.5. The van der Waals surface area contributed by atoms with Crippen molar-refractivity contribution in [3.8, 4) is 5.75 Å². The zero-order chi connectivity index (χ0) is 13.8. The molecule has 2 rings (SSSR count). The molecule has 1 atom stereocenters. The molecule has 0 aliphatic rings. The SMILES string of the molecule is COc1ccc(Cl)cc1C(Cc1ncnn1C)NN. The number of ether oxygens (including phenoxy) is 1. The number of nitrogens with zero attached hydrogens (tertiary/aromatic N) is 3. The van der Waals surface area contributed by atoms with Gasteiger partial charge in [0.05, 0.1) is 13.2 Å². The van der Waals surface area contributed by atoms with E-state index in [9.17, 15) is 0 Å². The molecule has 0 saturated carbocycles. The van der Waals surface area contributed by atoms with Gasteiger partial charge < -0.3 is 4.74 Å². The molecule has 1 heterocycles. The number of methoxy groups -OCH3 is 1. The highest BCUT2D eigenvalue weighted by Crippen LogP contribution is 2.29. The normalized spacial score (nSPS) is 12.4. The van der Waals surface area contributed by atoms with Gasteiger partial charge in [0, 0.05) is 24.1 Å². The Bertz CT molecular complexity index is 557. The molecule has 0 saturated heterocycles. The predicted octanol–water partition coefficient (Wildman–Crippen LogP) is 1.22. The minimum Gasteiger partial charge on any atom is -0.496 e. The maximum Gasteiger partial charge on any atom is 0.138 e. The van der Waals surface area contributed by atoms with Gasteiger partial charge in [-0.1, -0.05) is 11.6 Å². The second-order valence-corrected chi connectivity index (χ2v) is 4.55. The van der Waals surface area contributed by atoms with Crippen molar-refractivity contribution in [3.05, 3.63) is 40.9 Å². The van der Waals surface area contributed by atoms with Crippen molar-refractivity contribution >= 4 is 11.6 Å². The lowest BCUT2D eigenvalue weighted by atomic mass is 10.0. The summed E-state index contributed by atoms with van der Waals surface area (Å²) in [5.41, 5.74) is 3.66. The van der Waals surface area contributed by atoms with E-state index in [2.05, 4.69) is 15.5 Å². The van der Waals surface area contributed by atoms with Crippen LogP contribution in [0.25, 0.3) is 0 Å². The van der Waals surface area contributed by atoms with Crippen LogP contribution in [-0.4, -0.2) is 21.9 Å². The number of aryl methyl sites for hydroxylation is 1. The first-order valence-electron chi connectivity index (χ1n) is 5.78. The molecule has 3 N–H and O–H groups in total. The third-order valence-electron chi connectivity index (χ3n) is 2.96. The van der Waals surface area contributed by atoms with Gasteiger partial charge in [-0.15, -0.1) is 0 Å². The quantitative estimate of drug-likeness (QED) is 0.636. The fraction of sp³-hybridized carbons (Fsp3) is 0.333. The molecule has 0 radical (unpaired) electrons. The average molecular weight is 282 g/mol. The molecule has 19 heavy (non-hydrogen) atoms. The molecule has 2 aromatic rings. The Morgan fingerprint density at radius 2 is 2.32 bits per heavy atom. The minimum absolute atomic E-state index is 0.156. The highest BCUT2D eigenvalue weighted by Gasteiger charge is 2.18. The minimum atomic E-state index is -0.156. The summed E-state index contributed by atoms with van der Waals surface area (Å²) in [4.78, 5) is 4.19. The summed E-state index contributed by atoms with van der Waals surface area (Å²) in [6.07, 6.45) is 2.10. The van der Waals surface area contributed by atoms with Crippen LogP contribution in [0, 0.1) is 0 Å². The monoisotopic (exact) mass is 281 g/mol. The van der Waals surface area contributed by atoms with E-state index < -0.39 is 0 Å². The van der Waals surface area contributed by atoms with E-state index in [1.807, 2.05) is 19.2 Å². The number of nitrogens with one attached hydrogen (secondary N) is 1. The van der Waals surface area contributed by atoms with Crippen LogP contribution in [0.3, 0.4) is 0 Å². The molecule has 1 aromatic carbocycles. The van der Waals surface area contributed by atoms with Gasteiger partial charge in [0.2, 0.25) is 0 Å². The molecule has 0 aliphatic heterocycles. The number of nitrogens with two attached hydrogens (primary N) is 1. The number of aromatic nitrogens is 3. The lowest BCUT2D eigenvalue weighted by molar-refractivity contribution is 0.397. The van der Waals surface area contributed by atoms with Gasteiger partial charge in [-0.3, -0.25) is 16.0 Å². The van der Waals surface area contributed by atoms with E-state index in [1.54, 1.807) is 17.9 Å². The summed E-state index contributed by atoms with van der Waals surface area (Å²) in [5, 5.41) is 4.67. The van der Waals surface area contributed by atoms with Gasteiger partial charge in [0.15, 0.2) is 0 Å². The van der Waals surface area contributed by atoms with Gasteiger partial charge in [-0.25, -0.2) is 4.98 Å². The van der Waals surface area contributed by atoms with E-state index in [0.717, 1.165) is 17.1 Å². The van der Waals surface area contributed by atoms with Crippen LogP contribution in [0.2, 0.25) is 5.02 Å². The Balaban J connectivity index is 2.31. The molecule has 7 heteroatoms. The highest BCUT2D eigenvalue weighted by molar-refractivity contribution is 6.30. The number of hydrogen-bond acceptors (Lipinski definition) is 5. The Labute approximate surface area is 116 Å². The van der Waals surface area contributed by atoms with Crippen LogP contribution < -0.4 is 16.0 Å². The molecule has 1 unspecified atom stereocenters. The van der Waals surface area contributed by atoms with Crippen LogP contribution in [0.5, 0.6) is 5.75 Å². The van der Waals surface area contributed by atoms with Crippen LogP contribution in [0.4, 0.5) is 0 Å². The van der Waals surface area contributed by atoms with E-state index in [-0.39, 0.29) is 6.04 Å². The molecule has 1 aromatic heterocycles. The summed E-state index contributed by atoms with van der Waals surface area (Å²) in [5.74, 6) is 7.19. The van der Waals surface area contributed by atoms with Crippen LogP contribution >= 0.6 is 11.6 Å². The topological polar surface area (TPSA) is 78.0 Å². The summed E-state index contributed by atoms with van der Waals surface area (Å²) in [6.45, 7) is 0. The van der Waals surface area contributed by atoms with Crippen molar-refractivity contribution in [3.63, 3.8) is 0 Å². The lowest BCUT2D eigenvalue weighted by Gasteiger charge is -2.18. The molecular formula is C12H16ClN5O. The van der Waals surface area contributed by atoms with Crippen LogP contribution in [0.1, 0.15) is 17.4 Å². The van der Waals surface area contributed by atoms with Gasteiger partial charge >= 0.3 is 0 Å². The zero-order valence-corrected chi connectivity index (χ0v) is 11.6. The summed E-state index contributed by atoms with van der Waals surface area (Å²) in [6, 6.07) is 5.27. The maximum absolute atomic E-state index is 6.03. The van der Waals surface area contributed by atoms with Crippen LogP contribution in [-0.2, 0) is 13.5 Å². The molecule has 0 aliphatic carbocycles. The number of rotatable bonds is 5. The second kappa shape index (κ2) is 6.01. The van der Waals surface area contributed by atoms with Gasteiger partial charge in [0.1, 0.15) is 17.9 Å². The first kappa shape index (κ1) is 13.8. The Kier molecular flexibility index (Phi) is 4.36. The zero-order valence-electron chi connectivity index (χ0n) is 10.8. The molecule has 0 spiro atoms. The van der Waals surface area contributed by atoms with Crippen molar-refractivity contribution < 1.29 is 4.74 Å². The molecule has 0 fully saturated rings. The third-order valence-corrected chi connectivity index (χ3v) is 3.20. The Morgan fingerprint density at radius 3 is 2.89 bits per heavy atom. The fourth-order valence-electron chi connectivity index (χ4n) is 1.92. The smallest absolute Gasteiger partial charge is 0.138 e. The number of hydrogen-bond donors (Lipinski definition) is 2. The van der Waals surface area contributed by atoms with Crippen molar-refractivity contribution in [2.24, 2.45) is 12.9 Å². The van der Waals surface area contributed by atoms with Gasteiger partial charge in [0.25, 0.3) is 0 Å². The van der Waals surface area contributed by atoms with Crippen LogP contribution in [0.15, 0.2) is 24.5 Å². The fourth-order valence-corrected chi connectivity index (χ4v) is 2.10. The van der Waals surface area contributed by atoms with E-state index in [1.165, 1.54) is 6.33 Å². The second-order valence-electron chi connectivity index (χ2n) is 4.11. The van der Waals surface area contributed by atoms with Crippen molar-refractivity contribution in [2.75, 3.05) is 7.11 Å². The first-order valence-corrected chi connectivity index (χ1v) is 6.16. The maximum atomic E-state index is 6.03. The Morgan fingerprint density at radius 1 is 1.53 bits per heavy atom. The van der Waals surface area contributed by atoms with Crippen molar-refractivity contribution in [2.45, 2.75) is 12.5 Å². The van der Waals surface area contributed by atoms with Crippen molar-refractivity contribution in [1.82, 2.24) is 20.2 Å². The molecule has 6 nitrogen and oxygen atoms in total. The number of hydrazine groups is 1. The summed E-state index contributed by atoms with van der Waals surface area (Å²) < 4.78 is 7.05. The van der Waals surface area contributed by atoms with E-state index in [0.29, 0.717) is 11.4 Å². The Hall–Kier alpha value is -1.63. The summed E-state index contributed by atoms with van der Waals surface area (Å²) >= 11 is 6.03. The van der Waals surface area contributed by atoms with Crippen molar-refractivity contribution in [1.29, 1.82) is 0 Å². The van der Waals surface area contributed by atoms with Gasteiger partial charge in [-0.05, 0) is 18.2 Å². The standard InChI is InChI=1S/C12H16ClN5O/c1-18-12(15-7-16-18)6-10(17-14)9-5-8(13)3-4-11(9)19-2/h3-5,7,10,17H,6,14H2,1-2H3. The molecule has 0 bridgehead atoms. The molecular weight excluding hydrogens is 266 g/mol. The predicted molar refractivity (Wildman–Crippen MR) is 72.8 cm³/mol. The largest absolute Gasteiger partial charge is 0.496 e. The lowest BCUT2D eigenvalue weighted by Crippen LogP contribution is -2.30. The third kappa shape index (κ3) is 3.04. The van der Waals surface area contributed by atoms with E-state index >= 15 is 0 Å². The average Bonchev–Trinajstić information content (AvgIpc) is 2.81. The molecule has 0 amide bonds.